The van der Waals surface area contributed by atoms with Gasteiger partial charge in [-0.15, -0.1) is 10.2 Å². The van der Waals surface area contributed by atoms with E-state index in [2.05, 4.69) is 84.8 Å². The van der Waals surface area contributed by atoms with Crippen LogP contribution in [0.4, 0.5) is 11.4 Å². The Morgan fingerprint density at radius 1 is 1.06 bits per heavy atom. The van der Waals surface area contributed by atoms with Crippen LogP contribution in [0.25, 0.3) is 11.5 Å². The Morgan fingerprint density at radius 3 is 2.48 bits per heavy atom. The zero-order chi connectivity index (χ0) is 23.6. The molecule has 0 N–H and O–H groups in total. The quantitative estimate of drug-likeness (QED) is 0.509. The van der Waals surface area contributed by atoms with Crippen molar-refractivity contribution >= 4 is 22.8 Å². The Hall–Kier alpha value is -3.42. The van der Waals surface area contributed by atoms with Gasteiger partial charge < -0.3 is 4.90 Å². The predicted molar refractivity (Wildman–Crippen MR) is 134 cm³/mol. The van der Waals surface area contributed by atoms with Crippen LogP contribution < -0.4 is 4.90 Å². The van der Waals surface area contributed by atoms with E-state index in [-0.39, 0.29) is 5.41 Å². The molecule has 1 aromatic carbocycles. The van der Waals surface area contributed by atoms with E-state index in [1.54, 1.807) is 23.3 Å². The summed E-state index contributed by atoms with van der Waals surface area (Å²) in [6, 6.07) is 6.47. The van der Waals surface area contributed by atoms with Gasteiger partial charge in [0.15, 0.2) is 0 Å². The van der Waals surface area contributed by atoms with E-state index in [0.717, 1.165) is 35.8 Å². The molecular formula is C25H32N8. The molecule has 0 saturated heterocycles. The summed E-state index contributed by atoms with van der Waals surface area (Å²) >= 11 is 0. The molecule has 0 fully saturated rings. The molecule has 172 valence electrons. The molecule has 8 nitrogen and oxygen atoms in total. The number of rotatable bonds is 7. The molecule has 0 aliphatic carbocycles. The van der Waals surface area contributed by atoms with E-state index in [1.807, 2.05) is 0 Å². The summed E-state index contributed by atoms with van der Waals surface area (Å²) in [5.74, 6) is 1.19. The van der Waals surface area contributed by atoms with Gasteiger partial charge in [-0.05, 0) is 44.0 Å². The highest BCUT2D eigenvalue weighted by Crippen LogP contribution is 2.31. The number of aromatic nitrogens is 5. The van der Waals surface area contributed by atoms with Gasteiger partial charge in [-0.1, -0.05) is 34.1 Å². The van der Waals surface area contributed by atoms with Gasteiger partial charge in [0.05, 0.1) is 17.6 Å². The van der Waals surface area contributed by atoms with Crippen molar-refractivity contribution in [1.29, 1.82) is 0 Å². The normalized spacial score (nSPS) is 14.5. The summed E-state index contributed by atoms with van der Waals surface area (Å²) in [6.45, 7) is 15.0. The number of unbranched alkanes of at least 4 members (excludes halogenated alkanes) is 1. The first-order chi connectivity index (χ1) is 15.8. The zero-order valence-electron chi connectivity index (χ0n) is 20.4. The molecule has 0 radical (unpaired) electrons. The molecule has 0 spiro atoms. The minimum absolute atomic E-state index is 0.216. The van der Waals surface area contributed by atoms with Gasteiger partial charge >= 0.3 is 0 Å². The first-order valence-electron chi connectivity index (χ1n) is 11.6. The lowest BCUT2D eigenvalue weighted by molar-refractivity contribution is 0.594. The second kappa shape index (κ2) is 9.21. The molecule has 3 aromatic rings. The van der Waals surface area contributed by atoms with E-state index >= 15 is 0 Å². The summed E-state index contributed by atoms with van der Waals surface area (Å²) in [5.41, 5.74) is 5.30. The third-order valence-electron chi connectivity index (χ3n) is 5.72. The standard InChI is InChI=1S/C25H32N8/c1-7-9-14-32(8-2)18-10-11-19(17(3)15-18)28-21-22(25(4,5)6)31-33-23(29-30-24(21)33)20-16-26-12-13-27-20/h10-13,15-16H,7-9,14H2,1-6H3. The predicted octanol–water partition coefficient (Wildman–Crippen LogP) is 5.05. The second-order valence-corrected chi connectivity index (χ2v) is 9.31. The summed E-state index contributed by atoms with van der Waals surface area (Å²) in [5, 5.41) is 13.6. The van der Waals surface area contributed by atoms with Crippen molar-refractivity contribution in [2.45, 2.75) is 54.4 Å². The summed E-state index contributed by atoms with van der Waals surface area (Å²) in [6.07, 6.45) is 7.31. The number of fused-ring (bicyclic) bond motifs is 1. The molecule has 0 bridgehead atoms. The lowest BCUT2D eigenvalue weighted by Crippen LogP contribution is -2.27. The van der Waals surface area contributed by atoms with Crippen LogP contribution in [0.5, 0.6) is 0 Å². The molecule has 0 unspecified atom stereocenters. The van der Waals surface area contributed by atoms with Crippen LogP contribution in [-0.4, -0.2) is 49.4 Å². The number of anilines is 1. The van der Waals surface area contributed by atoms with Gasteiger partial charge in [0.2, 0.25) is 11.6 Å². The van der Waals surface area contributed by atoms with Crippen LogP contribution in [-0.2, 0) is 0 Å². The molecule has 2 aromatic heterocycles. The maximum atomic E-state index is 5.05. The maximum Gasteiger partial charge on any atom is 0.205 e. The van der Waals surface area contributed by atoms with Crippen molar-refractivity contribution < 1.29 is 0 Å². The van der Waals surface area contributed by atoms with Gasteiger partial charge in [-0.3, -0.25) is 4.98 Å². The van der Waals surface area contributed by atoms with Crippen LogP contribution in [0.2, 0.25) is 0 Å². The van der Waals surface area contributed by atoms with E-state index in [4.69, 9.17) is 10.1 Å². The number of hydrogen-bond donors (Lipinski definition) is 0. The Morgan fingerprint density at radius 2 is 1.85 bits per heavy atom. The Kier molecular flexibility index (Phi) is 6.35. The average molecular weight is 445 g/mol. The third kappa shape index (κ3) is 4.55. The van der Waals surface area contributed by atoms with E-state index in [9.17, 15) is 0 Å². The van der Waals surface area contributed by atoms with Crippen molar-refractivity contribution in [3.05, 3.63) is 48.2 Å². The van der Waals surface area contributed by atoms with Crippen LogP contribution >= 0.6 is 0 Å². The van der Waals surface area contributed by atoms with Gasteiger partial charge in [0, 0.05) is 36.6 Å². The Labute approximate surface area is 195 Å². The van der Waals surface area contributed by atoms with Gasteiger partial charge in [0.1, 0.15) is 11.4 Å². The fraction of sp³-hybridized carbons (Fsp3) is 0.440. The number of aliphatic imine (C=N–C) groups is 1. The molecule has 33 heavy (non-hydrogen) atoms. The van der Waals surface area contributed by atoms with Crippen LogP contribution in [0, 0.1) is 12.3 Å². The fourth-order valence-corrected chi connectivity index (χ4v) is 3.86. The van der Waals surface area contributed by atoms with E-state index < -0.39 is 0 Å². The number of aryl methyl sites for hydroxylation is 1. The minimum Gasteiger partial charge on any atom is -0.372 e. The molecular weight excluding hydrogens is 412 g/mol. The number of hydrogen-bond acceptors (Lipinski definition) is 7. The summed E-state index contributed by atoms with van der Waals surface area (Å²) in [7, 11) is 0. The minimum atomic E-state index is -0.216. The SMILES string of the molecule is CCCCN(CC)c1ccc(N=C2C(C(C)(C)C)=Nn3c2nnc3-c2cnccn2)c(C)c1. The van der Waals surface area contributed by atoms with Gasteiger partial charge in [0.25, 0.3) is 0 Å². The van der Waals surface area contributed by atoms with Crippen LogP contribution in [0.1, 0.15) is 58.8 Å². The molecule has 0 atom stereocenters. The monoisotopic (exact) mass is 444 g/mol. The lowest BCUT2D eigenvalue weighted by atomic mass is 9.87. The molecule has 8 heteroatoms. The number of benzene rings is 1. The first-order valence-corrected chi connectivity index (χ1v) is 11.6. The van der Waals surface area contributed by atoms with Crippen molar-refractivity contribution in [3.8, 4) is 11.5 Å². The topological polar surface area (TPSA) is 84.5 Å². The van der Waals surface area contributed by atoms with Crippen molar-refractivity contribution in [2.24, 2.45) is 15.5 Å². The highest BCUT2D eigenvalue weighted by atomic mass is 15.5. The highest BCUT2D eigenvalue weighted by Gasteiger charge is 2.35. The van der Waals surface area contributed by atoms with Crippen molar-refractivity contribution in [2.75, 3.05) is 18.0 Å². The maximum absolute atomic E-state index is 5.05. The molecule has 1 aliphatic rings. The largest absolute Gasteiger partial charge is 0.372 e. The van der Waals surface area contributed by atoms with Crippen LogP contribution in [0.15, 0.2) is 46.9 Å². The molecule has 0 amide bonds. The third-order valence-corrected chi connectivity index (χ3v) is 5.72. The van der Waals surface area contributed by atoms with Gasteiger partial charge in [-0.25, -0.2) is 9.98 Å². The molecule has 0 saturated carbocycles. The summed E-state index contributed by atoms with van der Waals surface area (Å²) in [4.78, 5) is 16.0. The van der Waals surface area contributed by atoms with E-state index in [1.165, 1.54) is 18.5 Å². The molecule has 1 aliphatic heterocycles. The van der Waals surface area contributed by atoms with E-state index in [0.29, 0.717) is 17.3 Å². The zero-order valence-corrected chi connectivity index (χ0v) is 20.4. The Bertz CT molecular complexity index is 1180. The number of nitrogens with zero attached hydrogens (tertiary/aromatic N) is 8. The Balaban J connectivity index is 1.75. The van der Waals surface area contributed by atoms with Crippen molar-refractivity contribution in [1.82, 2.24) is 24.8 Å². The lowest BCUT2D eigenvalue weighted by Gasteiger charge is -2.23. The summed E-state index contributed by atoms with van der Waals surface area (Å²) < 4.78 is 1.73. The molecule has 3 heterocycles. The fourth-order valence-electron chi connectivity index (χ4n) is 3.86. The smallest absolute Gasteiger partial charge is 0.205 e. The van der Waals surface area contributed by atoms with Crippen molar-refractivity contribution in [3.63, 3.8) is 0 Å². The average Bonchev–Trinajstić information content (AvgIpc) is 3.36. The van der Waals surface area contributed by atoms with Gasteiger partial charge in [-0.2, -0.15) is 9.78 Å². The first kappa shape index (κ1) is 22.8. The second-order valence-electron chi connectivity index (χ2n) is 9.31. The van der Waals surface area contributed by atoms with Crippen LogP contribution in [0.3, 0.4) is 0 Å². The molecule has 4 rings (SSSR count). The highest BCUT2D eigenvalue weighted by molar-refractivity contribution is 6.50.